The number of nitrogens with one attached hydrogen (secondary N) is 1. The molecule has 46 heavy (non-hydrogen) atoms. The molecule has 0 aliphatic carbocycles. The maximum atomic E-state index is 11.7. The van der Waals surface area contributed by atoms with Crippen molar-refractivity contribution < 1.29 is 32.2 Å². The van der Waals surface area contributed by atoms with Crippen LogP contribution in [-0.2, 0) is 36.3 Å². The number of anilines is 1. The lowest BCUT2D eigenvalue weighted by Gasteiger charge is -2.27. The molecule has 0 bridgehead atoms. The van der Waals surface area contributed by atoms with Gasteiger partial charge in [-0.05, 0) is 75.4 Å². The van der Waals surface area contributed by atoms with Crippen LogP contribution in [-0.4, -0.2) is 56.0 Å². The van der Waals surface area contributed by atoms with E-state index in [1.165, 1.54) is 12.4 Å². The number of aromatic nitrogens is 2. The Labute approximate surface area is 276 Å². The molecule has 0 fully saturated rings. The summed E-state index contributed by atoms with van der Waals surface area (Å²) < 4.78 is 47.2. The highest BCUT2D eigenvalue weighted by Gasteiger charge is 2.26. The number of nitrogens with zero attached hydrogens (tertiary/aromatic N) is 3. The fraction of sp³-hybridized carbons (Fsp3) is 0.455. The Morgan fingerprint density at radius 2 is 1.61 bits per heavy atom. The van der Waals surface area contributed by atoms with Gasteiger partial charge in [-0.25, -0.2) is 23.2 Å². The molecule has 3 rings (SSSR count). The van der Waals surface area contributed by atoms with Crippen LogP contribution >= 0.6 is 11.6 Å². The molecule has 1 N–H and O–H groups in total. The number of rotatable bonds is 16. The predicted molar refractivity (Wildman–Crippen MR) is 176 cm³/mol. The molecular formula is C33H41ClN4O7S. The molecule has 0 amide bonds. The number of benzene rings is 2. The first-order valence-corrected chi connectivity index (χ1v) is 17.0. The standard InChI is InChI=1S/C33H41ClN4O7S/c1-32(2,3)45-29(39)22-42-14-8-7-9-15-43-30-24(18-35)16-26(17-28(30)34)33(4,5)25-10-12-27(13-11-25)44-21-23-19-36-31(37-20-23)38-46(6,40)41/h10-13,16-17,19-20H,7-9,14-15,21-22H2,1-6H3,(H,36,37,38). The molecule has 0 atom stereocenters. The molecule has 0 aliphatic heterocycles. The summed E-state index contributed by atoms with van der Waals surface area (Å²) in [5.41, 5.74) is 1.86. The molecule has 11 nitrogen and oxygen atoms in total. The quantitative estimate of drug-likeness (QED) is 0.138. The summed E-state index contributed by atoms with van der Waals surface area (Å²) in [6.45, 7) is 10.5. The molecule has 0 radical (unpaired) electrons. The minimum Gasteiger partial charge on any atom is -0.491 e. The highest BCUT2D eigenvalue weighted by atomic mass is 35.5. The van der Waals surface area contributed by atoms with Crippen LogP contribution in [0.25, 0.3) is 0 Å². The molecule has 0 saturated heterocycles. The summed E-state index contributed by atoms with van der Waals surface area (Å²) in [5.74, 6) is 0.601. The van der Waals surface area contributed by atoms with E-state index in [-0.39, 0.29) is 25.1 Å². The third-order valence-corrected chi connectivity index (χ3v) is 7.50. The second kappa shape index (κ2) is 16.1. The van der Waals surface area contributed by atoms with Gasteiger partial charge in [0.15, 0.2) is 5.75 Å². The van der Waals surface area contributed by atoms with Crippen LogP contribution in [0.4, 0.5) is 5.95 Å². The molecule has 3 aromatic rings. The Bertz CT molecular complexity index is 1620. The van der Waals surface area contributed by atoms with Crippen LogP contribution in [0.5, 0.6) is 11.5 Å². The van der Waals surface area contributed by atoms with Crippen molar-refractivity contribution in [3.05, 3.63) is 76.1 Å². The van der Waals surface area contributed by atoms with Crippen LogP contribution in [0, 0.1) is 11.3 Å². The van der Waals surface area contributed by atoms with E-state index in [1.807, 2.05) is 65.0 Å². The molecular weight excluding hydrogens is 632 g/mol. The van der Waals surface area contributed by atoms with Crippen LogP contribution in [0.15, 0.2) is 48.8 Å². The number of carbonyl (C=O) groups excluding carboxylic acids is 1. The van der Waals surface area contributed by atoms with Crippen molar-refractivity contribution in [2.75, 3.05) is 30.8 Å². The smallest absolute Gasteiger partial charge is 0.332 e. The van der Waals surface area contributed by atoms with E-state index in [4.69, 9.17) is 30.5 Å². The number of ether oxygens (including phenoxy) is 4. The first kappa shape index (κ1) is 36.5. The molecule has 0 spiro atoms. The molecule has 0 saturated carbocycles. The Morgan fingerprint density at radius 3 is 2.22 bits per heavy atom. The topological polar surface area (TPSA) is 150 Å². The van der Waals surface area contributed by atoms with Crippen LogP contribution in [0.1, 0.15) is 76.1 Å². The summed E-state index contributed by atoms with van der Waals surface area (Å²) in [6, 6.07) is 13.5. The first-order chi connectivity index (χ1) is 21.6. The largest absolute Gasteiger partial charge is 0.491 e. The van der Waals surface area contributed by atoms with Crippen molar-refractivity contribution in [1.29, 1.82) is 5.26 Å². The van der Waals surface area contributed by atoms with E-state index < -0.39 is 21.0 Å². The minimum absolute atomic E-state index is 0.00662. The molecule has 0 aliphatic rings. The Balaban J connectivity index is 1.52. The SMILES string of the molecule is CC(C)(C)OC(=O)COCCCCCOc1c(Cl)cc(C(C)(C)c2ccc(OCc3cnc(NS(C)(=O)=O)nc3)cc2)cc1C#N. The van der Waals surface area contributed by atoms with Gasteiger partial charge in [-0.1, -0.05) is 37.6 Å². The van der Waals surface area contributed by atoms with Gasteiger partial charge in [-0.3, -0.25) is 4.72 Å². The summed E-state index contributed by atoms with van der Waals surface area (Å²) in [7, 11) is -3.45. The lowest BCUT2D eigenvalue weighted by Crippen LogP contribution is -2.26. The number of hydrogen-bond donors (Lipinski definition) is 1. The van der Waals surface area contributed by atoms with Gasteiger partial charge in [-0.2, -0.15) is 5.26 Å². The number of sulfonamides is 1. The number of carbonyl (C=O) groups is 1. The normalized spacial score (nSPS) is 11.9. The van der Waals surface area contributed by atoms with Gasteiger partial charge in [0.1, 0.15) is 30.6 Å². The number of hydrogen-bond acceptors (Lipinski definition) is 10. The number of unbranched alkanes of at least 4 members (excludes halogenated alkanes) is 2. The fourth-order valence-corrected chi connectivity index (χ4v) is 5.03. The van der Waals surface area contributed by atoms with Gasteiger partial charge < -0.3 is 18.9 Å². The van der Waals surface area contributed by atoms with Gasteiger partial charge in [0, 0.05) is 30.0 Å². The zero-order valence-corrected chi connectivity index (χ0v) is 28.6. The highest BCUT2D eigenvalue weighted by Crippen LogP contribution is 2.38. The van der Waals surface area contributed by atoms with E-state index in [2.05, 4.69) is 20.8 Å². The lowest BCUT2D eigenvalue weighted by molar-refractivity contribution is -0.160. The van der Waals surface area contributed by atoms with E-state index >= 15 is 0 Å². The molecule has 248 valence electrons. The van der Waals surface area contributed by atoms with E-state index in [9.17, 15) is 18.5 Å². The summed E-state index contributed by atoms with van der Waals surface area (Å²) >= 11 is 6.63. The van der Waals surface area contributed by atoms with Crippen molar-refractivity contribution in [2.24, 2.45) is 0 Å². The molecule has 1 heterocycles. The number of nitriles is 1. The van der Waals surface area contributed by atoms with Gasteiger partial charge in [0.25, 0.3) is 0 Å². The zero-order chi connectivity index (χ0) is 34.0. The van der Waals surface area contributed by atoms with Crippen LogP contribution in [0.2, 0.25) is 5.02 Å². The van der Waals surface area contributed by atoms with Gasteiger partial charge >= 0.3 is 5.97 Å². The second-order valence-electron chi connectivity index (χ2n) is 12.2. The Hall–Kier alpha value is -3.92. The molecule has 1 aromatic heterocycles. The average Bonchev–Trinajstić information content (AvgIpc) is 2.97. The van der Waals surface area contributed by atoms with Crippen LogP contribution < -0.4 is 14.2 Å². The zero-order valence-electron chi connectivity index (χ0n) is 27.1. The number of esters is 1. The Kier molecular flexibility index (Phi) is 12.8. The average molecular weight is 673 g/mol. The van der Waals surface area contributed by atoms with E-state index in [1.54, 1.807) is 6.07 Å². The maximum Gasteiger partial charge on any atom is 0.332 e. The minimum atomic E-state index is -3.45. The maximum absolute atomic E-state index is 11.7. The monoisotopic (exact) mass is 672 g/mol. The van der Waals surface area contributed by atoms with Gasteiger partial charge in [0.05, 0.1) is 23.4 Å². The van der Waals surface area contributed by atoms with E-state index in [0.29, 0.717) is 40.9 Å². The summed E-state index contributed by atoms with van der Waals surface area (Å²) in [6.07, 6.45) is 6.33. The highest BCUT2D eigenvalue weighted by molar-refractivity contribution is 7.91. The van der Waals surface area contributed by atoms with Crippen molar-refractivity contribution in [3.8, 4) is 17.6 Å². The Morgan fingerprint density at radius 1 is 0.957 bits per heavy atom. The third kappa shape index (κ3) is 11.8. The fourth-order valence-electron chi connectivity index (χ4n) is 4.32. The van der Waals surface area contributed by atoms with E-state index in [0.717, 1.165) is 36.6 Å². The van der Waals surface area contributed by atoms with Crippen molar-refractivity contribution in [1.82, 2.24) is 9.97 Å². The molecule has 2 aromatic carbocycles. The second-order valence-corrected chi connectivity index (χ2v) is 14.4. The van der Waals surface area contributed by atoms with Crippen molar-refractivity contribution in [3.63, 3.8) is 0 Å². The molecule has 0 unspecified atom stereocenters. The van der Waals surface area contributed by atoms with Crippen molar-refractivity contribution >= 4 is 33.5 Å². The predicted octanol–water partition coefficient (Wildman–Crippen LogP) is 6.19. The third-order valence-electron chi connectivity index (χ3n) is 6.67. The lowest BCUT2D eigenvalue weighted by atomic mass is 9.77. The first-order valence-electron chi connectivity index (χ1n) is 14.8. The number of halogens is 1. The summed E-state index contributed by atoms with van der Waals surface area (Å²) in [4.78, 5) is 19.7. The van der Waals surface area contributed by atoms with Gasteiger partial charge in [0.2, 0.25) is 16.0 Å². The molecule has 13 heteroatoms. The van der Waals surface area contributed by atoms with Crippen LogP contribution in [0.3, 0.4) is 0 Å². The van der Waals surface area contributed by atoms with Crippen molar-refractivity contribution in [2.45, 2.75) is 71.5 Å². The summed E-state index contributed by atoms with van der Waals surface area (Å²) in [5, 5.41) is 10.2. The van der Waals surface area contributed by atoms with Gasteiger partial charge in [-0.15, -0.1) is 0 Å².